The zero-order chi connectivity index (χ0) is 11.1. The van der Waals surface area contributed by atoms with Gasteiger partial charge in [0, 0.05) is 24.2 Å². The molecule has 0 bridgehead atoms. The highest BCUT2D eigenvalue weighted by atomic mass is 79.9. The molecular weight excluding hydrogens is 254 g/mol. The summed E-state index contributed by atoms with van der Waals surface area (Å²) in [4.78, 5) is 0. The summed E-state index contributed by atoms with van der Waals surface area (Å²) in [5.74, 6) is 0. The average Bonchev–Trinajstić information content (AvgIpc) is 2.22. The molecule has 0 aliphatic rings. The van der Waals surface area contributed by atoms with Crippen LogP contribution >= 0.6 is 15.9 Å². The minimum atomic E-state index is 0.487. The van der Waals surface area contributed by atoms with Gasteiger partial charge in [0.25, 0.3) is 0 Å². The van der Waals surface area contributed by atoms with Gasteiger partial charge in [0.05, 0.1) is 6.61 Å². The molecule has 0 spiro atoms. The van der Waals surface area contributed by atoms with Crippen molar-refractivity contribution in [1.82, 2.24) is 5.32 Å². The highest BCUT2D eigenvalue weighted by Crippen LogP contribution is 2.11. The predicted molar refractivity (Wildman–Crippen MR) is 67.2 cm³/mol. The van der Waals surface area contributed by atoms with E-state index in [9.17, 15) is 0 Å². The lowest BCUT2D eigenvalue weighted by atomic mass is 10.1. The number of hydrogen-bond acceptors (Lipinski definition) is 2. The Bertz CT molecular complexity index is 273. The van der Waals surface area contributed by atoms with Crippen LogP contribution in [-0.4, -0.2) is 26.3 Å². The number of benzene rings is 1. The molecule has 84 valence electrons. The van der Waals surface area contributed by atoms with Gasteiger partial charge in [0.15, 0.2) is 0 Å². The fraction of sp³-hybridized carbons (Fsp3) is 0.500. The molecule has 1 unspecified atom stereocenters. The van der Waals surface area contributed by atoms with Crippen LogP contribution in [0.4, 0.5) is 0 Å². The second-order valence-corrected chi connectivity index (χ2v) is 4.59. The lowest BCUT2D eigenvalue weighted by Crippen LogP contribution is -2.30. The van der Waals surface area contributed by atoms with Gasteiger partial charge in [-0.3, -0.25) is 0 Å². The molecule has 1 rings (SSSR count). The minimum Gasteiger partial charge on any atom is -0.383 e. The highest BCUT2D eigenvalue weighted by molar-refractivity contribution is 9.10. The molecule has 1 atom stereocenters. The Hall–Kier alpha value is -0.380. The second-order valence-electron chi connectivity index (χ2n) is 3.68. The zero-order valence-corrected chi connectivity index (χ0v) is 10.9. The largest absolute Gasteiger partial charge is 0.383 e. The van der Waals surface area contributed by atoms with Crippen LogP contribution in [-0.2, 0) is 11.2 Å². The first-order chi connectivity index (χ1) is 7.22. The molecule has 3 heteroatoms. The van der Waals surface area contributed by atoms with Crippen molar-refractivity contribution in [3.63, 3.8) is 0 Å². The lowest BCUT2D eigenvalue weighted by Gasteiger charge is -2.13. The summed E-state index contributed by atoms with van der Waals surface area (Å²) in [5.41, 5.74) is 1.36. The van der Waals surface area contributed by atoms with E-state index in [4.69, 9.17) is 4.74 Å². The van der Waals surface area contributed by atoms with E-state index >= 15 is 0 Å². The van der Waals surface area contributed by atoms with Crippen molar-refractivity contribution in [3.8, 4) is 0 Å². The third kappa shape index (κ3) is 5.30. The van der Waals surface area contributed by atoms with Gasteiger partial charge in [-0.05, 0) is 31.0 Å². The standard InChI is InChI=1S/C12H18BrNO/c1-10(14-7-8-15-2)9-11-3-5-12(13)6-4-11/h3-6,10,14H,7-9H2,1-2H3. The normalized spacial score (nSPS) is 12.7. The van der Waals surface area contributed by atoms with E-state index in [-0.39, 0.29) is 0 Å². The van der Waals surface area contributed by atoms with Crippen molar-refractivity contribution >= 4 is 15.9 Å². The molecule has 0 saturated carbocycles. The molecule has 15 heavy (non-hydrogen) atoms. The SMILES string of the molecule is COCCNC(C)Cc1ccc(Br)cc1. The van der Waals surface area contributed by atoms with Crippen molar-refractivity contribution < 1.29 is 4.74 Å². The molecule has 0 aliphatic carbocycles. The van der Waals surface area contributed by atoms with Crippen molar-refractivity contribution in [1.29, 1.82) is 0 Å². The maximum Gasteiger partial charge on any atom is 0.0587 e. The van der Waals surface area contributed by atoms with E-state index < -0.39 is 0 Å². The Balaban J connectivity index is 2.31. The third-order valence-corrected chi connectivity index (χ3v) is 2.78. The van der Waals surface area contributed by atoms with Gasteiger partial charge in [-0.15, -0.1) is 0 Å². The number of hydrogen-bond donors (Lipinski definition) is 1. The van der Waals surface area contributed by atoms with Crippen molar-refractivity contribution in [2.24, 2.45) is 0 Å². The minimum absolute atomic E-state index is 0.487. The number of methoxy groups -OCH3 is 1. The molecule has 0 fully saturated rings. The van der Waals surface area contributed by atoms with Crippen molar-refractivity contribution in [2.75, 3.05) is 20.3 Å². The summed E-state index contributed by atoms with van der Waals surface area (Å²) in [7, 11) is 1.72. The predicted octanol–water partition coefficient (Wildman–Crippen LogP) is 2.62. The first-order valence-electron chi connectivity index (χ1n) is 5.19. The van der Waals surface area contributed by atoms with Gasteiger partial charge in [0.1, 0.15) is 0 Å². The average molecular weight is 272 g/mol. The van der Waals surface area contributed by atoms with E-state index in [0.29, 0.717) is 6.04 Å². The molecule has 1 aromatic rings. The van der Waals surface area contributed by atoms with Gasteiger partial charge in [0.2, 0.25) is 0 Å². The maximum absolute atomic E-state index is 4.99. The van der Waals surface area contributed by atoms with Crippen LogP contribution in [0, 0.1) is 0 Å². The number of ether oxygens (including phenoxy) is 1. The summed E-state index contributed by atoms with van der Waals surface area (Å²) >= 11 is 3.43. The second kappa shape index (κ2) is 6.99. The van der Waals surface area contributed by atoms with Gasteiger partial charge < -0.3 is 10.1 Å². The summed E-state index contributed by atoms with van der Waals surface area (Å²) in [5, 5.41) is 3.41. The van der Waals surface area contributed by atoms with Gasteiger partial charge in [-0.2, -0.15) is 0 Å². The quantitative estimate of drug-likeness (QED) is 0.804. The van der Waals surface area contributed by atoms with Crippen LogP contribution in [0.2, 0.25) is 0 Å². The summed E-state index contributed by atoms with van der Waals surface area (Å²) in [6, 6.07) is 8.95. The Morgan fingerprint density at radius 3 is 2.60 bits per heavy atom. The first-order valence-corrected chi connectivity index (χ1v) is 5.98. The molecule has 0 saturated heterocycles. The lowest BCUT2D eigenvalue weighted by molar-refractivity contribution is 0.196. The smallest absolute Gasteiger partial charge is 0.0587 e. The van der Waals surface area contributed by atoms with Crippen molar-refractivity contribution in [2.45, 2.75) is 19.4 Å². The molecule has 2 nitrogen and oxygen atoms in total. The Labute approximate surface area is 100 Å². The molecule has 0 heterocycles. The van der Waals surface area contributed by atoms with E-state index in [0.717, 1.165) is 24.0 Å². The number of nitrogens with one attached hydrogen (secondary N) is 1. The zero-order valence-electron chi connectivity index (χ0n) is 9.29. The third-order valence-electron chi connectivity index (χ3n) is 2.25. The highest BCUT2D eigenvalue weighted by Gasteiger charge is 2.02. The molecule has 0 radical (unpaired) electrons. The van der Waals surface area contributed by atoms with Crippen LogP contribution in [0.25, 0.3) is 0 Å². The molecule has 0 amide bonds. The van der Waals surface area contributed by atoms with Crippen LogP contribution < -0.4 is 5.32 Å². The monoisotopic (exact) mass is 271 g/mol. The Kier molecular flexibility index (Phi) is 5.91. The fourth-order valence-electron chi connectivity index (χ4n) is 1.45. The summed E-state index contributed by atoms with van der Waals surface area (Å²) in [6.07, 6.45) is 1.05. The topological polar surface area (TPSA) is 21.3 Å². The summed E-state index contributed by atoms with van der Waals surface area (Å²) < 4.78 is 6.12. The molecule has 1 N–H and O–H groups in total. The van der Waals surface area contributed by atoms with Gasteiger partial charge in [-0.1, -0.05) is 28.1 Å². The van der Waals surface area contributed by atoms with E-state index in [1.54, 1.807) is 7.11 Å². The van der Waals surface area contributed by atoms with E-state index in [1.165, 1.54) is 5.56 Å². The molecule has 1 aromatic carbocycles. The Morgan fingerprint density at radius 1 is 1.33 bits per heavy atom. The van der Waals surface area contributed by atoms with E-state index in [1.807, 2.05) is 0 Å². The van der Waals surface area contributed by atoms with Gasteiger partial charge in [-0.25, -0.2) is 0 Å². The molecular formula is C12H18BrNO. The summed E-state index contributed by atoms with van der Waals surface area (Å²) in [6.45, 7) is 3.87. The van der Waals surface area contributed by atoms with E-state index in [2.05, 4.69) is 52.4 Å². The van der Waals surface area contributed by atoms with Crippen LogP contribution in [0.1, 0.15) is 12.5 Å². The Morgan fingerprint density at radius 2 is 2.00 bits per heavy atom. The van der Waals surface area contributed by atoms with Gasteiger partial charge >= 0.3 is 0 Å². The van der Waals surface area contributed by atoms with Crippen LogP contribution in [0.3, 0.4) is 0 Å². The first kappa shape index (κ1) is 12.7. The van der Waals surface area contributed by atoms with Crippen LogP contribution in [0.5, 0.6) is 0 Å². The number of halogens is 1. The maximum atomic E-state index is 4.99. The van der Waals surface area contributed by atoms with Crippen LogP contribution in [0.15, 0.2) is 28.7 Å². The van der Waals surface area contributed by atoms with Crippen molar-refractivity contribution in [3.05, 3.63) is 34.3 Å². The fourth-order valence-corrected chi connectivity index (χ4v) is 1.72. The molecule has 0 aromatic heterocycles. The number of rotatable bonds is 6. The molecule has 0 aliphatic heterocycles.